The van der Waals surface area contributed by atoms with Gasteiger partial charge in [-0.2, -0.15) is 0 Å². The van der Waals surface area contributed by atoms with Crippen molar-refractivity contribution in [3.8, 4) is 0 Å². The Balaban J connectivity index is 2.07. The summed E-state index contributed by atoms with van der Waals surface area (Å²) in [6, 6.07) is 5.91. The Morgan fingerprint density at radius 1 is 1.38 bits per heavy atom. The van der Waals surface area contributed by atoms with Gasteiger partial charge in [-0.05, 0) is 18.6 Å². The smallest absolute Gasteiger partial charge is 0.183 e. The molecule has 1 aromatic heterocycles. The minimum absolute atomic E-state index is 0.562. The third kappa shape index (κ3) is 2.67. The summed E-state index contributed by atoms with van der Waals surface area (Å²) < 4.78 is 0.562. The Morgan fingerprint density at radius 3 is 2.88 bits per heavy atom. The van der Waals surface area contributed by atoms with Crippen LogP contribution < -0.4 is 5.32 Å². The van der Waals surface area contributed by atoms with Crippen molar-refractivity contribution < 1.29 is 0 Å². The van der Waals surface area contributed by atoms with E-state index in [4.69, 9.17) is 23.2 Å². The summed E-state index contributed by atoms with van der Waals surface area (Å²) in [7, 11) is 0. The van der Waals surface area contributed by atoms with Crippen molar-refractivity contribution >= 4 is 40.2 Å². The maximum Gasteiger partial charge on any atom is 0.183 e. The second-order valence-electron chi connectivity index (χ2n) is 3.37. The first-order chi connectivity index (χ1) is 7.66. The molecule has 2 aromatic rings. The van der Waals surface area contributed by atoms with Crippen LogP contribution in [0.4, 0.5) is 5.69 Å². The molecule has 0 saturated carbocycles. The summed E-state index contributed by atoms with van der Waals surface area (Å²) in [5, 5.41) is 4.03. The minimum Gasteiger partial charge on any atom is -0.379 e. The van der Waals surface area contributed by atoms with E-state index in [1.807, 2.05) is 25.1 Å². The highest BCUT2D eigenvalue weighted by Gasteiger charge is 2.03. The van der Waals surface area contributed by atoms with Gasteiger partial charge in [0.15, 0.2) is 4.47 Å². The van der Waals surface area contributed by atoms with Gasteiger partial charge in [-0.15, -0.1) is 11.3 Å². The molecule has 0 bridgehead atoms. The number of anilines is 1. The molecule has 0 atom stereocenters. The lowest BCUT2D eigenvalue weighted by molar-refractivity contribution is 1.17. The minimum atomic E-state index is 0.562. The van der Waals surface area contributed by atoms with E-state index in [-0.39, 0.29) is 0 Å². The van der Waals surface area contributed by atoms with Gasteiger partial charge in [0.1, 0.15) is 0 Å². The van der Waals surface area contributed by atoms with E-state index in [2.05, 4.69) is 10.3 Å². The third-order valence-electron chi connectivity index (χ3n) is 2.17. The van der Waals surface area contributed by atoms with E-state index in [0.717, 1.165) is 21.2 Å². The van der Waals surface area contributed by atoms with Crippen molar-refractivity contribution in [2.24, 2.45) is 0 Å². The van der Waals surface area contributed by atoms with Gasteiger partial charge >= 0.3 is 0 Å². The number of aromatic nitrogens is 1. The summed E-state index contributed by atoms with van der Waals surface area (Å²) in [5.74, 6) is 0. The molecule has 0 aliphatic heterocycles. The number of aryl methyl sites for hydroxylation is 1. The van der Waals surface area contributed by atoms with Crippen LogP contribution in [0.2, 0.25) is 9.49 Å². The van der Waals surface area contributed by atoms with Crippen molar-refractivity contribution in [2.45, 2.75) is 13.5 Å². The maximum absolute atomic E-state index is 6.16. The standard InChI is InChI=1S/C11H10Cl2N2S/c1-7-3-2-4-9(10(7)12)14-5-8-6-15-11(13)16-8/h2-4,6,14H,5H2,1H3. The summed E-state index contributed by atoms with van der Waals surface area (Å²) in [5.41, 5.74) is 2.00. The molecule has 2 nitrogen and oxygen atoms in total. The molecule has 0 unspecified atom stereocenters. The Morgan fingerprint density at radius 2 is 2.19 bits per heavy atom. The number of nitrogens with zero attached hydrogens (tertiary/aromatic N) is 1. The van der Waals surface area contributed by atoms with Gasteiger partial charge < -0.3 is 5.32 Å². The fourth-order valence-corrected chi connectivity index (χ4v) is 2.44. The molecule has 1 N–H and O–H groups in total. The predicted molar refractivity (Wildman–Crippen MR) is 70.6 cm³/mol. The van der Waals surface area contributed by atoms with Crippen LogP contribution in [0.15, 0.2) is 24.4 Å². The number of hydrogen-bond acceptors (Lipinski definition) is 3. The second-order valence-corrected chi connectivity index (χ2v) is 5.44. The normalized spacial score (nSPS) is 10.4. The highest BCUT2D eigenvalue weighted by molar-refractivity contribution is 7.15. The summed E-state index contributed by atoms with van der Waals surface area (Å²) in [6.07, 6.45) is 1.77. The van der Waals surface area contributed by atoms with Gasteiger partial charge in [0.25, 0.3) is 0 Å². The van der Waals surface area contributed by atoms with Gasteiger partial charge in [-0.25, -0.2) is 4.98 Å². The molecule has 1 aromatic carbocycles. The summed E-state index contributed by atoms with van der Waals surface area (Å²) in [6.45, 7) is 2.67. The number of benzene rings is 1. The molecule has 84 valence electrons. The van der Waals surface area contributed by atoms with Crippen molar-refractivity contribution in [3.05, 3.63) is 44.3 Å². The maximum atomic E-state index is 6.16. The highest BCUT2D eigenvalue weighted by Crippen LogP contribution is 2.26. The van der Waals surface area contributed by atoms with E-state index < -0.39 is 0 Å². The van der Waals surface area contributed by atoms with E-state index >= 15 is 0 Å². The van der Waals surface area contributed by atoms with Crippen LogP contribution in [0.5, 0.6) is 0 Å². The zero-order chi connectivity index (χ0) is 11.5. The number of thiazole rings is 1. The number of rotatable bonds is 3. The van der Waals surface area contributed by atoms with Crippen molar-refractivity contribution in [1.82, 2.24) is 4.98 Å². The van der Waals surface area contributed by atoms with Crippen LogP contribution >= 0.6 is 34.5 Å². The Kier molecular flexibility index (Phi) is 3.69. The molecule has 16 heavy (non-hydrogen) atoms. The van der Waals surface area contributed by atoms with Crippen molar-refractivity contribution in [2.75, 3.05) is 5.32 Å². The largest absolute Gasteiger partial charge is 0.379 e. The van der Waals surface area contributed by atoms with Crippen LogP contribution in [-0.2, 0) is 6.54 Å². The van der Waals surface area contributed by atoms with Gasteiger partial charge in [-0.3, -0.25) is 0 Å². The Hall–Kier alpha value is -0.770. The molecular formula is C11H10Cl2N2S. The molecule has 5 heteroatoms. The fraction of sp³-hybridized carbons (Fsp3) is 0.182. The first kappa shape index (κ1) is 11.7. The summed E-state index contributed by atoms with van der Waals surface area (Å²) >= 11 is 13.4. The molecule has 0 aliphatic carbocycles. The zero-order valence-electron chi connectivity index (χ0n) is 8.63. The average molecular weight is 273 g/mol. The number of nitrogens with one attached hydrogen (secondary N) is 1. The van der Waals surface area contributed by atoms with Gasteiger partial charge in [0.05, 0.1) is 17.3 Å². The number of halogens is 2. The first-order valence-corrected chi connectivity index (χ1v) is 6.33. The van der Waals surface area contributed by atoms with Gasteiger partial charge in [-0.1, -0.05) is 35.3 Å². The summed E-state index contributed by atoms with van der Waals surface area (Å²) in [4.78, 5) is 5.07. The van der Waals surface area contributed by atoms with E-state index in [9.17, 15) is 0 Å². The monoisotopic (exact) mass is 272 g/mol. The molecular weight excluding hydrogens is 263 g/mol. The molecule has 2 rings (SSSR count). The predicted octanol–water partition coefficient (Wildman–Crippen LogP) is 4.37. The van der Waals surface area contributed by atoms with Crippen molar-refractivity contribution in [1.29, 1.82) is 0 Å². The Labute approximate surface area is 108 Å². The third-order valence-corrected chi connectivity index (χ3v) is 3.79. The van der Waals surface area contributed by atoms with E-state index in [1.54, 1.807) is 6.20 Å². The molecule has 0 amide bonds. The number of hydrogen-bond donors (Lipinski definition) is 1. The fourth-order valence-electron chi connectivity index (χ4n) is 1.33. The van der Waals surface area contributed by atoms with Crippen molar-refractivity contribution in [3.63, 3.8) is 0 Å². The quantitative estimate of drug-likeness (QED) is 0.898. The lowest BCUT2D eigenvalue weighted by Crippen LogP contribution is -1.98. The van der Waals surface area contributed by atoms with E-state index in [1.165, 1.54) is 11.3 Å². The van der Waals surface area contributed by atoms with Crippen LogP contribution in [-0.4, -0.2) is 4.98 Å². The van der Waals surface area contributed by atoms with E-state index in [0.29, 0.717) is 11.0 Å². The molecule has 1 heterocycles. The highest BCUT2D eigenvalue weighted by atomic mass is 35.5. The molecule has 0 spiro atoms. The SMILES string of the molecule is Cc1cccc(NCc2cnc(Cl)s2)c1Cl. The van der Waals surface area contributed by atoms with Gasteiger partial charge in [0, 0.05) is 11.1 Å². The molecule has 0 fully saturated rings. The topological polar surface area (TPSA) is 24.9 Å². The lowest BCUT2D eigenvalue weighted by atomic mass is 10.2. The van der Waals surface area contributed by atoms with Gasteiger partial charge in [0.2, 0.25) is 0 Å². The lowest BCUT2D eigenvalue weighted by Gasteiger charge is -2.08. The van der Waals surface area contributed by atoms with Crippen LogP contribution in [0.1, 0.15) is 10.4 Å². The molecule has 0 radical (unpaired) electrons. The van der Waals surface area contributed by atoms with Crippen LogP contribution in [0, 0.1) is 6.92 Å². The molecule has 0 saturated heterocycles. The first-order valence-electron chi connectivity index (χ1n) is 4.76. The van der Waals surface area contributed by atoms with Crippen LogP contribution in [0.3, 0.4) is 0 Å². The Bertz CT molecular complexity index is 496. The molecule has 0 aliphatic rings. The second kappa shape index (κ2) is 5.04. The zero-order valence-corrected chi connectivity index (χ0v) is 11.0. The average Bonchev–Trinajstić information content (AvgIpc) is 2.67. The van der Waals surface area contributed by atoms with Crippen LogP contribution in [0.25, 0.3) is 0 Å².